The maximum absolute atomic E-state index is 9.07. The Morgan fingerprint density at radius 1 is 1.50 bits per heavy atom. The normalized spacial score (nSPS) is 22.6. The second kappa shape index (κ2) is 5.91. The van der Waals surface area contributed by atoms with Crippen molar-refractivity contribution in [3.63, 3.8) is 0 Å². The summed E-state index contributed by atoms with van der Waals surface area (Å²) >= 11 is 0. The Bertz CT molecular complexity index is 699. The van der Waals surface area contributed by atoms with Gasteiger partial charge in [-0.1, -0.05) is 5.16 Å². The molecule has 2 atom stereocenters. The van der Waals surface area contributed by atoms with Gasteiger partial charge in [-0.3, -0.25) is 4.90 Å². The smallest absolute Gasteiger partial charge is 0.246 e. The lowest BCUT2D eigenvalue weighted by atomic mass is 10.1. The molecule has 1 aliphatic heterocycles. The Hall–Kier alpha value is -2.17. The van der Waals surface area contributed by atoms with Gasteiger partial charge in [0.2, 0.25) is 5.89 Å². The number of nitriles is 1. The summed E-state index contributed by atoms with van der Waals surface area (Å²) < 4.78 is 12.9. The molecule has 22 heavy (non-hydrogen) atoms. The van der Waals surface area contributed by atoms with Crippen LogP contribution in [0.5, 0.6) is 0 Å². The molecule has 1 aliphatic rings. The molecule has 1 fully saturated rings. The van der Waals surface area contributed by atoms with Gasteiger partial charge in [-0.15, -0.1) is 0 Å². The van der Waals surface area contributed by atoms with E-state index in [-0.39, 0.29) is 12.1 Å². The third-order valence-corrected chi connectivity index (χ3v) is 3.96. The molecule has 3 heterocycles. The van der Waals surface area contributed by atoms with Crippen LogP contribution in [0.25, 0.3) is 0 Å². The molecular weight excluding hydrogens is 282 g/mol. The minimum Gasteiger partial charge on any atom is -0.375 e. The van der Waals surface area contributed by atoms with Gasteiger partial charge in [-0.2, -0.15) is 10.2 Å². The molecule has 0 saturated carbocycles. The largest absolute Gasteiger partial charge is 0.375 e. The van der Waals surface area contributed by atoms with Crippen molar-refractivity contribution in [2.24, 2.45) is 7.05 Å². The SMILES string of the molecule is Cc1noc([C@@H]2[C@@H](C)OCCN2Cc2cc(C#N)n(C)c2)n1. The zero-order valence-corrected chi connectivity index (χ0v) is 13.0. The molecule has 0 aromatic carbocycles. The lowest BCUT2D eigenvalue weighted by molar-refractivity contribution is -0.0763. The van der Waals surface area contributed by atoms with Gasteiger partial charge in [0.1, 0.15) is 17.8 Å². The molecule has 7 heteroatoms. The molecule has 3 rings (SSSR count). The van der Waals surface area contributed by atoms with Crippen LogP contribution in [0.2, 0.25) is 0 Å². The van der Waals surface area contributed by atoms with Gasteiger partial charge in [0, 0.05) is 26.3 Å². The van der Waals surface area contributed by atoms with E-state index < -0.39 is 0 Å². The summed E-state index contributed by atoms with van der Waals surface area (Å²) in [6.07, 6.45) is 1.96. The van der Waals surface area contributed by atoms with E-state index in [4.69, 9.17) is 14.5 Å². The van der Waals surface area contributed by atoms with E-state index in [2.05, 4.69) is 21.1 Å². The molecule has 0 spiro atoms. The highest BCUT2D eigenvalue weighted by Crippen LogP contribution is 2.30. The van der Waals surface area contributed by atoms with Crippen LogP contribution in [0.1, 0.15) is 35.9 Å². The fraction of sp³-hybridized carbons (Fsp3) is 0.533. The summed E-state index contributed by atoms with van der Waals surface area (Å²) in [5.74, 6) is 1.21. The van der Waals surface area contributed by atoms with Gasteiger partial charge in [-0.05, 0) is 25.5 Å². The zero-order valence-electron chi connectivity index (χ0n) is 13.0. The van der Waals surface area contributed by atoms with Crippen molar-refractivity contribution in [1.82, 2.24) is 19.6 Å². The lowest BCUT2D eigenvalue weighted by Gasteiger charge is -2.37. The van der Waals surface area contributed by atoms with Crippen LogP contribution in [-0.2, 0) is 18.3 Å². The highest BCUT2D eigenvalue weighted by molar-refractivity contribution is 5.28. The van der Waals surface area contributed by atoms with Gasteiger partial charge >= 0.3 is 0 Å². The summed E-state index contributed by atoms with van der Waals surface area (Å²) in [4.78, 5) is 6.62. The first-order chi connectivity index (χ1) is 10.6. The highest BCUT2D eigenvalue weighted by Gasteiger charge is 2.35. The maximum Gasteiger partial charge on any atom is 0.246 e. The van der Waals surface area contributed by atoms with Crippen molar-refractivity contribution in [2.45, 2.75) is 32.5 Å². The molecule has 2 aromatic rings. The number of aromatic nitrogens is 3. The highest BCUT2D eigenvalue weighted by atomic mass is 16.5. The molecule has 2 aromatic heterocycles. The van der Waals surface area contributed by atoms with E-state index >= 15 is 0 Å². The van der Waals surface area contributed by atoms with E-state index in [0.717, 1.165) is 18.7 Å². The summed E-state index contributed by atoms with van der Waals surface area (Å²) in [7, 11) is 1.88. The van der Waals surface area contributed by atoms with Crippen LogP contribution in [-0.4, -0.2) is 38.9 Å². The molecule has 0 aliphatic carbocycles. The van der Waals surface area contributed by atoms with Gasteiger partial charge < -0.3 is 13.8 Å². The number of ether oxygens (including phenoxy) is 1. The zero-order chi connectivity index (χ0) is 15.7. The van der Waals surface area contributed by atoms with Crippen LogP contribution in [0.4, 0.5) is 0 Å². The van der Waals surface area contributed by atoms with Crippen LogP contribution in [0, 0.1) is 18.3 Å². The fourth-order valence-corrected chi connectivity index (χ4v) is 2.92. The number of nitrogens with zero attached hydrogens (tertiary/aromatic N) is 5. The maximum atomic E-state index is 9.07. The van der Waals surface area contributed by atoms with Crippen molar-refractivity contribution >= 4 is 0 Å². The average molecular weight is 301 g/mol. The van der Waals surface area contributed by atoms with Crippen molar-refractivity contribution in [1.29, 1.82) is 5.26 Å². The van der Waals surface area contributed by atoms with Crippen molar-refractivity contribution in [3.05, 3.63) is 35.2 Å². The lowest BCUT2D eigenvalue weighted by Crippen LogP contribution is -2.43. The van der Waals surface area contributed by atoms with Gasteiger partial charge in [0.25, 0.3) is 0 Å². The second-order valence-corrected chi connectivity index (χ2v) is 5.63. The minimum atomic E-state index is -0.0688. The number of rotatable bonds is 3. The molecule has 0 radical (unpaired) electrons. The molecular formula is C15H19N5O2. The monoisotopic (exact) mass is 301 g/mol. The molecule has 0 bridgehead atoms. The van der Waals surface area contributed by atoms with Gasteiger partial charge in [0.05, 0.1) is 12.7 Å². The Morgan fingerprint density at radius 2 is 2.32 bits per heavy atom. The predicted molar refractivity (Wildman–Crippen MR) is 77.7 cm³/mol. The van der Waals surface area contributed by atoms with Crippen LogP contribution >= 0.6 is 0 Å². The first kappa shape index (κ1) is 14.8. The third kappa shape index (κ3) is 2.75. The van der Waals surface area contributed by atoms with E-state index in [9.17, 15) is 0 Å². The average Bonchev–Trinajstić information content (AvgIpc) is 3.05. The fourth-order valence-electron chi connectivity index (χ4n) is 2.92. The molecule has 7 nitrogen and oxygen atoms in total. The summed E-state index contributed by atoms with van der Waals surface area (Å²) in [5, 5.41) is 13.0. The quantitative estimate of drug-likeness (QED) is 0.855. The number of hydrogen-bond acceptors (Lipinski definition) is 6. The standard InChI is InChI=1S/C15H19N5O2/c1-10-14(15-17-11(2)18-22-15)20(4-5-21-10)9-12-6-13(7-16)19(3)8-12/h6,8,10,14H,4-5,9H2,1-3H3/t10-,14+/m1/s1. The number of morpholine rings is 1. The van der Waals surface area contributed by atoms with E-state index in [1.54, 1.807) is 0 Å². The van der Waals surface area contributed by atoms with E-state index in [1.165, 1.54) is 0 Å². The first-order valence-corrected chi connectivity index (χ1v) is 7.29. The Morgan fingerprint density at radius 3 is 2.95 bits per heavy atom. The Kier molecular flexibility index (Phi) is 3.96. The van der Waals surface area contributed by atoms with E-state index in [1.807, 2.05) is 37.7 Å². The topological polar surface area (TPSA) is 80.1 Å². The van der Waals surface area contributed by atoms with Crippen molar-refractivity contribution < 1.29 is 9.26 Å². The molecule has 0 unspecified atom stereocenters. The van der Waals surface area contributed by atoms with Gasteiger partial charge in [-0.25, -0.2) is 0 Å². The first-order valence-electron chi connectivity index (χ1n) is 7.29. The summed E-state index contributed by atoms with van der Waals surface area (Å²) in [6, 6.07) is 4.03. The third-order valence-electron chi connectivity index (χ3n) is 3.96. The number of aryl methyl sites for hydroxylation is 2. The minimum absolute atomic E-state index is 0.0206. The summed E-state index contributed by atoms with van der Waals surface area (Å²) in [6.45, 7) is 6.00. The van der Waals surface area contributed by atoms with Crippen LogP contribution < -0.4 is 0 Å². The Balaban J connectivity index is 1.84. The van der Waals surface area contributed by atoms with Crippen LogP contribution in [0.3, 0.4) is 0 Å². The van der Waals surface area contributed by atoms with Crippen molar-refractivity contribution in [3.8, 4) is 6.07 Å². The molecule has 1 saturated heterocycles. The molecule has 0 N–H and O–H groups in total. The van der Waals surface area contributed by atoms with Gasteiger partial charge in [0.15, 0.2) is 5.82 Å². The second-order valence-electron chi connectivity index (χ2n) is 5.63. The van der Waals surface area contributed by atoms with E-state index in [0.29, 0.717) is 24.0 Å². The predicted octanol–water partition coefficient (Wildman–Crippen LogP) is 1.55. The van der Waals surface area contributed by atoms with Crippen molar-refractivity contribution in [2.75, 3.05) is 13.2 Å². The molecule has 0 amide bonds. The van der Waals surface area contributed by atoms with Crippen LogP contribution in [0.15, 0.2) is 16.8 Å². The Labute approximate surface area is 129 Å². The summed E-state index contributed by atoms with van der Waals surface area (Å²) in [5.41, 5.74) is 1.75. The number of hydrogen-bond donors (Lipinski definition) is 0. The molecule has 116 valence electrons.